The minimum atomic E-state index is -0.535. The number of rotatable bonds is 2. The smallest absolute Gasteiger partial charge is 0.399 e. The lowest BCUT2D eigenvalue weighted by Crippen LogP contribution is -2.41. The Hall–Kier alpha value is -1.75. The SMILES string of the molecule is C#CCc1cccc(B2OC(C)(C)C(C)(C)O2)c1C#N. The Labute approximate surface area is 121 Å². The normalized spacial score (nSPS) is 19.4. The fraction of sp³-hybridized carbons (Fsp3) is 0.438. The predicted octanol–water partition coefficient (Wildman–Crippen LogP) is 2.03. The molecule has 0 N–H and O–H groups in total. The average Bonchev–Trinajstić information content (AvgIpc) is 2.58. The minimum absolute atomic E-state index is 0.424. The van der Waals surface area contributed by atoms with E-state index in [4.69, 9.17) is 15.7 Å². The van der Waals surface area contributed by atoms with Gasteiger partial charge < -0.3 is 9.31 Å². The molecule has 1 heterocycles. The van der Waals surface area contributed by atoms with E-state index in [2.05, 4.69) is 12.0 Å². The highest BCUT2D eigenvalue weighted by molar-refractivity contribution is 6.62. The summed E-state index contributed by atoms with van der Waals surface area (Å²) in [7, 11) is -0.535. The number of nitrogens with zero attached hydrogens (tertiary/aromatic N) is 1. The van der Waals surface area contributed by atoms with E-state index in [1.165, 1.54) is 0 Å². The van der Waals surface area contributed by atoms with Crippen molar-refractivity contribution in [1.29, 1.82) is 5.26 Å². The molecule has 20 heavy (non-hydrogen) atoms. The summed E-state index contributed by atoms with van der Waals surface area (Å²) in [4.78, 5) is 0. The van der Waals surface area contributed by atoms with E-state index < -0.39 is 18.3 Å². The van der Waals surface area contributed by atoms with Gasteiger partial charge in [-0.05, 0) is 33.3 Å². The summed E-state index contributed by atoms with van der Waals surface area (Å²) >= 11 is 0. The first kappa shape index (κ1) is 14.7. The topological polar surface area (TPSA) is 42.2 Å². The third-order valence-electron chi connectivity index (χ3n) is 4.09. The summed E-state index contributed by atoms with van der Waals surface area (Å²) in [5, 5.41) is 9.42. The van der Waals surface area contributed by atoms with E-state index in [1.54, 1.807) is 0 Å². The summed E-state index contributed by atoms with van der Waals surface area (Å²) in [6.07, 6.45) is 5.78. The summed E-state index contributed by atoms with van der Waals surface area (Å²) in [5.74, 6) is 2.58. The van der Waals surface area contributed by atoms with E-state index in [-0.39, 0.29) is 0 Å². The van der Waals surface area contributed by atoms with Gasteiger partial charge in [0.15, 0.2) is 0 Å². The van der Waals surface area contributed by atoms with Crippen LogP contribution in [0.3, 0.4) is 0 Å². The zero-order chi connectivity index (χ0) is 15.0. The van der Waals surface area contributed by atoms with Crippen molar-refractivity contribution in [3.63, 3.8) is 0 Å². The molecule has 1 aromatic rings. The number of nitriles is 1. The van der Waals surface area contributed by atoms with Crippen LogP contribution in [0.1, 0.15) is 38.8 Å². The first-order valence-electron chi connectivity index (χ1n) is 6.63. The van der Waals surface area contributed by atoms with Gasteiger partial charge in [-0.2, -0.15) is 5.26 Å². The monoisotopic (exact) mass is 267 g/mol. The van der Waals surface area contributed by atoms with Gasteiger partial charge in [0.05, 0.1) is 22.8 Å². The average molecular weight is 267 g/mol. The van der Waals surface area contributed by atoms with Crippen molar-refractivity contribution in [2.24, 2.45) is 0 Å². The molecule has 0 bridgehead atoms. The molecule has 0 saturated carbocycles. The molecule has 102 valence electrons. The first-order valence-corrected chi connectivity index (χ1v) is 6.63. The molecule has 3 nitrogen and oxygen atoms in total. The highest BCUT2D eigenvalue weighted by Gasteiger charge is 2.52. The Morgan fingerprint density at radius 2 is 1.80 bits per heavy atom. The Morgan fingerprint density at radius 3 is 2.30 bits per heavy atom. The lowest BCUT2D eigenvalue weighted by atomic mass is 9.74. The molecule has 0 atom stereocenters. The fourth-order valence-electron chi connectivity index (χ4n) is 2.18. The molecule has 1 aliphatic rings. The molecule has 4 heteroatoms. The number of terminal acetylenes is 1. The van der Waals surface area contributed by atoms with E-state index in [9.17, 15) is 5.26 Å². The Morgan fingerprint density at radius 1 is 1.20 bits per heavy atom. The molecule has 0 aromatic heterocycles. The second kappa shape index (κ2) is 4.98. The molecule has 1 fully saturated rings. The highest BCUT2D eigenvalue weighted by atomic mass is 16.7. The van der Waals surface area contributed by atoms with Gasteiger partial charge in [0, 0.05) is 11.9 Å². The van der Waals surface area contributed by atoms with Gasteiger partial charge in [-0.3, -0.25) is 0 Å². The van der Waals surface area contributed by atoms with Crippen molar-refractivity contribution in [3.05, 3.63) is 29.3 Å². The minimum Gasteiger partial charge on any atom is -0.399 e. The maximum atomic E-state index is 9.42. The summed E-state index contributed by atoms with van der Waals surface area (Å²) in [6.45, 7) is 7.96. The van der Waals surface area contributed by atoms with E-state index in [0.717, 1.165) is 11.0 Å². The molecule has 1 saturated heterocycles. The molecular weight excluding hydrogens is 249 g/mol. The number of hydrogen-bond acceptors (Lipinski definition) is 3. The number of hydrogen-bond donors (Lipinski definition) is 0. The summed E-state index contributed by atoms with van der Waals surface area (Å²) < 4.78 is 12.0. The van der Waals surface area contributed by atoms with Gasteiger partial charge in [0.2, 0.25) is 0 Å². The van der Waals surface area contributed by atoms with Crippen molar-refractivity contribution < 1.29 is 9.31 Å². The third kappa shape index (κ3) is 2.33. The van der Waals surface area contributed by atoms with Crippen molar-refractivity contribution in [2.45, 2.75) is 45.3 Å². The molecule has 0 aliphatic carbocycles. The van der Waals surface area contributed by atoms with E-state index >= 15 is 0 Å². The van der Waals surface area contributed by atoms with Gasteiger partial charge in [-0.15, -0.1) is 12.3 Å². The molecular formula is C16H18BNO2. The Balaban J connectivity index is 2.44. The lowest BCUT2D eigenvalue weighted by Gasteiger charge is -2.32. The van der Waals surface area contributed by atoms with Gasteiger partial charge in [-0.1, -0.05) is 18.2 Å². The molecule has 0 unspecified atom stereocenters. The number of benzene rings is 1. The standard InChI is InChI=1S/C16H18BNO2/c1-6-8-12-9-7-10-14(13(12)11-18)17-19-15(2,3)16(4,5)20-17/h1,7,9-10H,8H2,2-5H3. The quantitative estimate of drug-likeness (QED) is 0.608. The molecule has 1 aliphatic heterocycles. The van der Waals surface area contributed by atoms with Crippen LogP contribution in [0, 0.1) is 23.7 Å². The van der Waals surface area contributed by atoms with Crippen LogP contribution in [0.25, 0.3) is 0 Å². The maximum Gasteiger partial charge on any atom is 0.496 e. The van der Waals surface area contributed by atoms with Crippen molar-refractivity contribution in [2.75, 3.05) is 0 Å². The van der Waals surface area contributed by atoms with Crippen LogP contribution in [-0.2, 0) is 15.7 Å². The van der Waals surface area contributed by atoms with Crippen LogP contribution in [0.15, 0.2) is 18.2 Å². The van der Waals surface area contributed by atoms with Crippen LogP contribution in [0.4, 0.5) is 0 Å². The van der Waals surface area contributed by atoms with E-state index in [0.29, 0.717) is 12.0 Å². The fourth-order valence-corrected chi connectivity index (χ4v) is 2.18. The predicted molar refractivity (Wildman–Crippen MR) is 79.4 cm³/mol. The Kier molecular flexibility index (Phi) is 3.65. The summed E-state index contributed by atoms with van der Waals surface area (Å²) in [6, 6.07) is 7.84. The van der Waals surface area contributed by atoms with Gasteiger partial charge in [-0.25, -0.2) is 0 Å². The van der Waals surface area contributed by atoms with Crippen LogP contribution in [0.5, 0.6) is 0 Å². The van der Waals surface area contributed by atoms with Gasteiger partial charge in [0.1, 0.15) is 0 Å². The van der Waals surface area contributed by atoms with E-state index in [1.807, 2.05) is 45.9 Å². The summed E-state index contributed by atoms with van der Waals surface area (Å²) in [5.41, 5.74) is 1.30. The van der Waals surface area contributed by atoms with Gasteiger partial charge in [0.25, 0.3) is 0 Å². The zero-order valence-electron chi connectivity index (χ0n) is 12.4. The third-order valence-corrected chi connectivity index (χ3v) is 4.09. The molecule has 2 rings (SSSR count). The molecule has 0 amide bonds. The van der Waals surface area contributed by atoms with Crippen LogP contribution >= 0.6 is 0 Å². The van der Waals surface area contributed by atoms with Crippen LogP contribution in [-0.4, -0.2) is 18.3 Å². The second-order valence-corrected chi connectivity index (χ2v) is 5.96. The lowest BCUT2D eigenvalue weighted by molar-refractivity contribution is 0.00578. The van der Waals surface area contributed by atoms with Crippen molar-refractivity contribution in [1.82, 2.24) is 0 Å². The molecule has 0 radical (unpaired) electrons. The highest BCUT2D eigenvalue weighted by Crippen LogP contribution is 2.36. The Bertz CT molecular complexity index is 592. The first-order chi connectivity index (χ1) is 9.32. The van der Waals surface area contributed by atoms with Gasteiger partial charge >= 0.3 is 7.12 Å². The second-order valence-electron chi connectivity index (χ2n) is 5.96. The molecule has 1 aromatic carbocycles. The van der Waals surface area contributed by atoms with Crippen molar-refractivity contribution in [3.8, 4) is 18.4 Å². The molecule has 0 spiro atoms. The van der Waals surface area contributed by atoms with Crippen LogP contribution < -0.4 is 5.46 Å². The maximum absolute atomic E-state index is 9.42. The largest absolute Gasteiger partial charge is 0.496 e. The zero-order valence-corrected chi connectivity index (χ0v) is 12.4. The van der Waals surface area contributed by atoms with Crippen molar-refractivity contribution >= 4 is 12.6 Å². The van der Waals surface area contributed by atoms with Crippen LogP contribution in [0.2, 0.25) is 0 Å².